The zero-order valence-corrected chi connectivity index (χ0v) is 9.27. The van der Waals surface area contributed by atoms with Gasteiger partial charge in [0.15, 0.2) is 0 Å². The summed E-state index contributed by atoms with van der Waals surface area (Å²) in [4.78, 5) is 9.92. The molecule has 0 aromatic heterocycles. The number of hydrogen-bond acceptors (Lipinski definition) is 4. The van der Waals surface area contributed by atoms with Gasteiger partial charge in [-0.15, -0.1) is 0 Å². The first-order valence-electron chi connectivity index (χ1n) is 4.52. The van der Waals surface area contributed by atoms with Crippen LogP contribution in [0.2, 0.25) is 5.02 Å². The topological polar surface area (TPSA) is 76.2 Å². The normalized spacial score (nSPS) is 11.6. The number of benzene rings is 1. The van der Waals surface area contributed by atoms with Gasteiger partial charge in [0.25, 0.3) is 5.69 Å². The summed E-state index contributed by atoms with van der Waals surface area (Å²) >= 11 is 5.81. The summed E-state index contributed by atoms with van der Waals surface area (Å²) in [5, 5.41) is 19.1. The van der Waals surface area contributed by atoms with Gasteiger partial charge in [-0.2, -0.15) is 5.26 Å². The summed E-state index contributed by atoms with van der Waals surface area (Å²) in [6, 6.07) is 5.91. The van der Waals surface area contributed by atoms with E-state index in [2.05, 4.69) is 0 Å². The van der Waals surface area contributed by atoms with Gasteiger partial charge in [-0.3, -0.25) is 10.1 Å². The molecular weight excluding hydrogens is 232 g/mol. The monoisotopic (exact) mass is 240 g/mol. The lowest BCUT2D eigenvalue weighted by atomic mass is 10.3. The molecule has 0 N–H and O–H groups in total. The fourth-order valence-electron chi connectivity index (χ4n) is 1.09. The standard InChI is InChI=1S/C10H9ClN2O3/c1-7(4-5-12)16-10-3-2-8(13(14)15)6-9(10)11/h2-3,6-7H,4H2,1H3. The first-order valence-corrected chi connectivity index (χ1v) is 4.90. The Kier molecular flexibility index (Phi) is 4.09. The van der Waals surface area contributed by atoms with Gasteiger partial charge in [-0.1, -0.05) is 11.6 Å². The lowest BCUT2D eigenvalue weighted by Crippen LogP contribution is -2.10. The highest BCUT2D eigenvalue weighted by Crippen LogP contribution is 2.29. The fourth-order valence-corrected chi connectivity index (χ4v) is 1.31. The fraction of sp³-hybridized carbons (Fsp3) is 0.300. The molecule has 0 bridgehead atoms. The Bertz CT molecular complexity index is 442. The predicted molar refractivity (Wildman–Crippen MR) is 58.4 cm³/mol. The van der Waals surface area contributed by atoms with Crippen LogP contribution >= 0.6 is 11.6 Å². The van der Waals surface area contributed by atoms with E-state index in [1.54, 1.807) is 6.92 Å². The molecule has 1 unspecified atom stereocenters. The lowest BCUT2D eigenvalue weighted by Gasteiger charge is -2.12. The van der Waals surface area contributed by atoms with Crippen molar-refractivity contribution in [2.75, 3.05) is 0 Å². The van der Waals surface area contributed by atoms with E-state index in [1.165, 1.54) is 18.2 Å². The molecule has 0 aliphatic rings. The van der Waals surface area contributed by atoms with Crippen LogP contribution in [0.4, 0.5) is 5.69 Å². The van der Waals surface area contributed by atoms with E-state index >= 15 is 0 Å². The predicted octanol–water partition coefficient (Wildman–Crippen LogP) is 2.93. The number of nitro groups is 1. The number of rotatable bonds is 4. The van der Waals surface area contributed by atoms with Gasteiger partial charge in [0.1, 0.15) is 11.9 Å². The van der Waals surface area contributed by atoms with Crippen LogP contribution in [0.1, 0.15) is 13.3 Å². The van der Waals surface area contributed by atoms with E-state index in [1.807, 2.05) is 6.07 Å². The average molecular weight is 241 g/mol. The summed E-state index contributed by atoms with van der Waals surface area (Å²) in [6.45, 7) is 1.72. The quantitative estimate of drug-likeness (QED) is 0.599. The van der Waals surface area contributed by atoms with Crippen LogP contribution in [-0.2, 0) is 0 Å². The van der Waals surface area contributed by atoms with Gasteiger partial charge in [0.2, 0.25) is 0 Å². The van der Waals surface area contributed by atoms with Crippen LogP contribution in [0.25, 0.3) is 0 Å². The summed E-state index contributed by atoms with van der Waals surface area (Å²) in [6.07, 6.45) is -0.0724. The van der Waals surface area contributed by atoms with Crippen molar-refractivity contribution in [2.24, 2.45) is 0 Å². The minimum absolute atomic E-state index is 0.0923. The Morgan fingerprint density at radius 1 is 1.69 bits per heavy atom. The van der Waals surface area contributed by atoms with Crippen LogP contribution in [0.5, 0.6) is 5.75 Å². The highest BCUT2D eigenvalue weighted by atomic mass is 35.5. The second-order valence-electron chi connectivity index (χ2n) is 3.16. The molecule has 0 amide bonds. The molecule has 0 saturated carbocycles. The third-order valence-electron chi connectivity index (χ3n) is 1.83. The summed E-state index contributed by atoms with van der Waals surface area (Å²) in [5.74, 6) is 0.343. The molecular formula is C10H9ClN2O3. The number of nitriles is 1. The van der Waals surface area contributed by atoms with Gasteiger partial charge >= 0.3 is 0 Å². The largest absolute Gasteiger partial charge is 0.488 e. The third-order valence-corrected chi connectivity index (χ3v) is 2.13. The van der Waals surface area contributed by atoms with E-state index in [4.69, 9.17) is 21.6 Å². The van der Waals surface area contributed by atoms with Gasteiger partial charge in [0.05, 0.1) is 22.4 Å². The van der Waals surface area contributed by atoms with Crippen molar-refractivity contribution in [1.82, 2.24) is 0 Å². The third kappa shape index (κ3) is 3.11. The lowest BCUT2D eigenvalue weighted by molar-refractivity contribution is -0.384. The van der Waals surface area contributed by atoms with Crippen molar-refractivity contribution in [2.45, 2.75) is 19.4 Å². The van der Waals surface area contributed by atoms with Crippen molar-refractivity contribution in [1.29, 1.82) is 5.26 Å². The van der Waals surface area contributed by atoms with E-state index in [0.717, 1.165) is 0 Å². The van der Waals surface area contributed by atoms with Crippen LogP contribution in [0, 0.1) is 21.4 Å². The number of halogens is 1. The van der Waals surface area contributed by atoms with Crippen LogP contribution in [0.15, 0.2) is 18.2 Å². The van der Waals surface area contributed by atoms with Crippen molar-refractivity contribution in [3.63, 3.8) is 0 Å². The van der Waals surface area contributed by atoms with Gasteiger partial charge in [-0.25, -0.2) is 0 Å². The van der Waals surface area contributed by atoms with Gasteiger partial charge in [-0.05, 0) is 13.0 Å². The maximum absolute atomic E-state index is 10.5. The molecule has 6 heteroatoms. The van der Waals surface area contributed by atoms with Crippen molar-refractivity contribution in [3.8, 4) is 11.8 Å². The molecule has 1 rings (SSSR count). The summed E-state index contributed by atoms with van der Waals surface area (Å²) < 4.78 is 5.34. The van der Waals surface area contributed by atoms with Crippen LogP contribution in [-0.4, -0.2) is 11.0 Å². The molecule has 16 heavy (non-hydrogen) atoms. The van der Waals surface area contributed by atoms with Crippen molar-refractivity contribution >= 4 is 17.3 Å². The maximum Gasteiger partial charge on any atom is 0.271 e. The molecule has 0 aliphatic heterocycles. The Morgan fingerprint density at radius 3 is 2.88 bits per heavy atom. The molecule has 1 aromatic rings. The molecule has 84 valence electrons. The molecule has 0 spiro atoms. The minimum Gasteiger partial charge on any atom is -0.488 e. The molecule has 0 radical (unpaired) electrons. The molecule has 5 nitrogen and oxygen atoms in total. The summed E-state index contributed by atoms with van der Waals surface area (Å²) in [5.41, 5.74) is -0.0923. The summed E-state index contributed by atoms with van der Waals surface area (Å²) in [7, 11) is 0. The highest BCUT2D eigenvalue weighted by Gasteiger charge is 2.12. The smallest absolute Gasteiger partial charge is 0.271 e. The molecule has 0 heterocycles. The first kappa shape index (κ1) is 12.3. The highest BCUT2D eigenvalue weighted by molar-refractivity contribution is 6.32. The van der Waals surface area contributed by atoms with Crippen molar-refractivity contribution in [3.05, 3.63) is 33.3 Å². The number of nitrogens with zero attached hydrogens (tertiary/aromatic N) is 2. The average Bonchev–Trinajstić information content (AvgIpc) is 2.21. The Labute approximate surface area is 97.4 Å². The number of hydrogen-bond donors (Lipinski definition) is 0. The zero-order valence-electron chi connectivity index (χ0n) is 8.51. The molecule has 0 aliphatic carbocycles. The van der Waals surface area contributed by atoms with Crippen LogP contribution in [0.3, 0.4) is 0 Å². The SMILES string of the molecule is CC(CC#N)Oc1ccc([N+](=O)[O-])cc1Cl. The zero-order chi connectivity index (χ0) is 12.1. The van der Waals surface area contributed by atoms with E-state index < -0.39 is 4.92 Å². The Hall–Kier alpha value is -1.80. The molecule has 0 fully saturated rings. The maximum atomic E-state index is 10.5. The van der Waals surface area contributed by atoms with Gasteiger partial charge < -0.3 is 4.74 Å². The molecule has 0 saturated heterocycles. The second-order valence-corrected chi connectivity index (χ2v) is 3.57. The first-order chi connectivity index (χ1) is 7.54. The minimum atomic E-state index is -0.533. The number of nitro benzene ring substituents is 1. The van der Waals surface area contributed by atoms with Crippen LogP contribution < -0.4 is 4.74 Å². The van der Waals surface area contributed by atoms with Gasteiger partial charge in [0, 0.05) is 12.1 Å². The molecule has 1 atom stereocenters. The second kappa shape index (κ2) is 5.33. The van der Waals surface area contributed by atoms with E-state index in [0.29, 0.717) is 5.75 Å². The molecule has 1 aromatic carbocycles. The van der Waals surface area contributed by atoms with Crippen molar-refractivity contribution < 1.29 is 9.66 Å². The van der Waals surface area contributed by atoms with E-state index in [9.17, 15) is 10.1 Å². The number of non-ortho nitro benzene ring substituents is 1. The Balaban J connectivity index is 2.84. The number of ether oxygens (including phenoxy) is 1. The Morgan fingerprint density at radius 2 is 2.38 bits per heavy atom. The van der Waals surface area contributed by atoms with E-state index in [-0.39, 0.29) is 23.2 Å².